The molecule has 2 aliphatic rings. The summed E-state index contributed by atoms with van der Waals surface area (Å²) < 4.78 is 5.90. The van der Waals surface area contributed by atoms with Gasteiger partial charge < -0.3 is 14.7 Å². The molecule has 1 amide bonds. The van der Waals surface area contributed by atoms with Gasteiger partial charge in [0.15, 0.2) is 0 Å². The molecular formula is C17H21NO4. The number of carbonyl (C=O) groups excluding carboxylic acids is 1. The third-order valence-electron chi connectivity index (χ3n) is 4.51. The minimum Gasteiger partial charge on any atom is -0.481 e. The first-order valence-electron chi connectivity index (χ1n) is 7.82. The molecule has 0 unspecified atom stereocenters. The molecule has 22 heavy (non-hydrogen) atoms. The molecule has 0 aromatic heterocycles. The maximum atomic E-state index is 12.2. The average molecular weight is 303 g/mol. The molecule has 5 nitrogen and oxygen atoms in total. The Hall–Kier alpha value is -1.88. The largest absolute Gasteiger partial charge is 0.481 e. The SMILES string of the molecule is O=C(O)[C@H]1C[C@@H]1C(=O)N1CCC(OCc2ccccc2)CC1. The van der Waals surface area contributed by atoms with Gasteiger partial charge in [-0.2, -0.15) is 0 Å². The van der Waals surface area contributed by atoms with Crippen LogP contribution >= 0.6 is 0 Å². The van der Waals surface area contributed by atoms with E-state index in [1.54, 1.807) is 4.90 Å². The fourth-order valence-corrected chi connectivity index (χ4v) is 3.01. The van der Waals surface area contributed by atoms with Crippen LogP contribution in [-0.4, -0.2) is 41.1 Å². The Balaban J connectivity index is 1.41. The molecule has 3 rings (SSSR count). The molecule has 1 aliphatic carbocycles. The number of aliphatic carboxylic acids is 1. The van der Waals surface area contributed by atoms with Crippen molar-refractivity contribution in [1.29, 1.82) is 0 Å². The van der Waals surface area contributed by atoms with Crippen LogP contribution < -0.4 is 0 Å². The second-order valence-electron chi connectivity index (χ2n) is 6.11. The molecule has 5 heteroatoms. The second kappa shape index (κ2) is 6.48. The van der Waals surface area contributed by atoms with Gasteiger partial charge in [0.1, 0.15) is 0 Å². The van der Waals surface area contributed by atoms with Crippen molar-refractivity contribution in [3.8, 4) is 0 Å². The molecule has 2 fully saturated rings. The number of amides is 1. The van der Waals surface area contributed by atoms with E-state index in [9.17, 15) is 9.59 Å². The van der Waals surface area contributed by atoms with Crippen LogP contribution in [0, 0.1) is 11.8 Å². The summed E-state index contributed by atoms with van der Waals surface area (Å²) in [5, 5.41) is 8.90. The summed E-state index contributed by atoms with van der Waals surface area (Å²) in [6.07, 6.45) is 2.32. The molecule has 1 saturated heterocycles. The lowest BCUT2D eigenvalue weighted by molar-refractivity contribution is -0.142. The summed E-state index contributed by atoms with van der Waals surface area (Å²) in [5.41, 5.74) is 1.16. The summed E-state index contributed by atoms with van der Waals surface area (Å²) in [4.78, 5) is 24.8. The maximum Gasteiger partial charge on any atom is 0.307 e. The standard InChI is InChI=1S/C17H21NO4/c19-16(14-10-15(14)17(20)21)18-8-6-13(7-9-18)22-11-12-4-2-1-3-5-12/h1-5,13-15H,6-11H2,(H,20,21)/t14-,15-/m0/s1. The highest BCUT2D eigenvalue weighted by Gasteiger charge is 2.50. The molecular weight excluding hydrogens is 282 g/mol. The van der Waals surface area contributed by atoms with Crippen molar-refractivity contribution in [2.75, 3.05) is 13.1 Å². The molecule has 2 atom stereocenters. The number of hydrogen-bond acceptors (Lipinski definition) is 3. The lowest BCUT2D eigenvalue weighted by Gasteiger charge is -2.32. The van der Waals surface area contributed by atoms with Gasteiger partial charge in [-0.3, -0.25) is 9.59 Å². The summed E-state index contributed by atoms with van der Waals surface area (Å²) >= 11 is 0. The van der Waals surface area contributed by atoms with Crippen LogP contribution in [0.2, 0.25) is 0 Å². The number of carbonyl (C=O) groups is 2. The lowest BCUT2D eigenvalue weighted by atomic mass is 10.1. The Bertz CT molecular complexity index is 537. The zero-order chi connectivity index (χ0) is 15.5. The maximum absolute atomic E-state index is 12.2. The van der Waals surface area contributed by atoms with Crippen LogP contribution in [0.15, 0.2) is 30.3 Å². The molecule has 1 aromatic carbocycles. The van der Waals surface area contributed by atoms with Crippen molar-refractivity contribution in [3.63, 3.8) is 0 Å². The van der Waals surface area contributed by atoms with Crippen molar-refractivity contribution < 1.29 is 19.4 Å². The number of carboxylic acids is 1. The smallest absolute Gasteiger partial charge is 0.307 e. The Morgan fingerprint density at radius 3 is 2.41 bits per heavy atom. The number of likely N-dealkylation sites (tertiary alicyclic amines) is 1. The number of benzene rings is 1. The molecule has 1 saturated carbocycles. The Morgan fingerprint density at radius 2 is 1.82 bits per heavy atom. The van der Waals surface area contributed by atoms with Gasteiger partial charge in [0, 0.05) is 13.1 Å². The van der Waals surface area contributed by atoms with Gasteiger partial charge in [-0.05, 0) is 24.8 Å². The summed E-state index contributed by atoms with van der Waals surface area (Å²) in [6.45, 7) is 1.94. The zero-order valence-electron chi connectivity index (χ0n) is 12.5. The molecule has 0 bridgehead atoms. The monoisotopic (exact) mass is 303 g/mol. The second-order valence-corrected chi connectivity index (χ2v) is 6.11. The van der Waals surface area contributed by atoms with Crippen LogP contribution in [0.25, 0.3) is 0 Å². The van der Waals surface area contributed by atoms with E-state index < -0.39 is 11.9 Å². The van der Waals surface area contributed by atoms with Gasteiger partial charge in [0.05, 0.1) is 24.5 Å². The number of piperidine rings is 1. The van der Waals surface area contributed by atoms with Crippen molar-refractivity contribution in [1.82, 2.24) is 4.90 Å². The van der Waals surface area contributed by atoms with E-state index in [0.717, 1.165) is 18.4 Å². The number of hydrogen-bond donors (Lipinski definition) is 1. The summed E-state index contributed by atoms with van der Waals surface area (Å²) in [7, 11) is 0. The van der Waals surface area contributed by atoms with Crippen LogP contribution in [-0.2, 0) is 20.9 Å². The van der Waals surface area contributed by atoms with Gasteiger partial charge in [0.25, 0.3) is 0 Å². The fourth-order valence-electron chi connectivity index (χ4n) is 3.01. The van der Waals surface area contributed by atoms with Crippen LogP contribution in [0.1, 0.15) is 24.8 Å². The van der Waals surface area contributed by atoms with E-state index in [1.807, 2.05) is 30.3 Å². The normalized spacial score (nSPS) is 25.0. The van der Waals surface area contributed by atoms with Gasteiger partial charge in [-0.15, -0.1) is 0 Å². The highest BCUT2D eigenvalue weighted by Crippen LogP contribution is 2.40. The molecule has 0 radical (unpaired) electrons. The first-order chi connectivity index (χ1) is 10.6. The molecule has 1 heterocycles. The number of nitrogens with zero attached hydrogens (tertiary/aromatic N) is 1. The Kier molecular flexibility index (Phi) is 4.43. The van der Waals surface area contributed by atoms with E-state index in [0.29, 0.717) is 26.1 Å². The van der Waals surface area contributed by atoms with E-state index in [4.69, 9.17) is 9.84 Å². The van der Waals surface area contributed by atoms with Crippen molar-refractivity contribution in [3.05, 3.63) is 35.9 Å². The van der Waals surface area contributed by atoms with E-state index in [-0.39, 0.29) is 17.9 Å². The van der Waals surface area contributed by atoms with Gasteiger partial charge >= 0.3 is 5.97 Å². The van der Waals surface area contributed by atoms with E-state index >= 15 is 0 Å². The van der Waals surface area contributed by atoms with Crippen LogP contribution in [0.3, 0.4) is 0 Å². The molecule has 1 aromatic rings. The first-order valence-corrected chi connectivity index (χ1v) is 7.82. The Labute approximate surface area is 129 Å². The van der Waals surface area contributed by atoms with Gasteiger partial charge in [-0.1, -0.05) is 30.3 Å². The van der Waals surface area contributed by atoms with Crippen molar-refractivity contribution in [2.45, 2.75) is 32.0 Å². The number of rotatable bonds is 5. The van der Waals surface area contributed by atoms with Crippen molar-refractivity contribution >= 4 is 11.9 Å². The molecule has 1 N–H and O–H groups in total. The minimum atomic E-state index is -0.848. The van der Waals surface area contributed by atoms with Gasteiger partial charge in [-0.25, -0.2) is 0 Å². The number of ether oxygens (including phenoxy) is 1. The van der Waals surface area contributed by atoms with Gasteiger partial charge in [0.2, 0.25) is 5.91 Å². The van der Waals surface area contributed by atoms with Crippen LogP contribution in [0.4, 0.5) is 0 Å². The third-order valence-corrected chi connectivity index (χ3v) is 4.51. The fraction of sp³-hybridized carbons (Fsp3) is 0.529. The summed E-state index contributed by atoms with van der Waals surface area (Å²) in [6, 6.07) is 10.0. The lowest BCUT2D eigenvalue weighted by Crippen LogP contribution is -2.42. The minimum absolute atomic E-state index is 0.00825. The predicted molar refractivity (Wildman–Crippen MR) is 80.1 cm³/mol. The highest BCUT2D eigenvalue weighted by molar-refractivity contribution is 5.89. The average Bonchev–Trinajstić information content (AvgIpc) is 3.35. The van der Waals surface area contributed by atoms with E-state index in [2.05, 4.69) is 0 Å². The van der Waals surface area contributed by atoms with E-state index in [1.165, 1.54) is 0 Å². The summed E-state index contributed by atoms with van der Waals surface area (Å²) in [5.74, 6) is -1.59. The number of carboxylic acid groups (broad SMARTS) is 1. The highest BCUT2D eigenvalue weighted by atomic mass is 16.5. The molecule has 1 aliphatic heterocycles. The topological polar surface area (TPSA) is 66.8 Å². The predicted octanol–water partition coefficient (Wildman–Crippen LogP) is 1.91. The third kappa shape index (κ3) is 3.47. The zero-order valence-corrected chi connectivity index (χ0v) is 12.5. The molecule has 0 spiro atoms. The quantitative estimate of drug-likeness (QED) is 0.902. The van der Waals surface area contributed by atoms with Crippen LogP contribution in [0.5, 0.6) is 0 Å². The van der Waals surface area contributed by atoms with Crippen molar-refractivity contribution in [2.24, 2.45) is 11.8 Å². The molecule has 118 valence electrons. The first kappa shape index (κ1) is 15.0. The Morgan fingerprint density at radius 1 is 1.14 bits per heavy atom.